The minimum Gasteiger partial charge on any atom is -0.493 e. The molecule has 1 aromatic rings. The average Bonchev–Trinajstić information content (AvgIpc) is 2.31. The van der Waals surface area contributed by atoms with Gasteiger partial charge in [-0.2, -0.15) is 0 Å². The highest BCUT2D eigenvalue weighted by Crippen LogP contribution is 2.28. The van der Waals surface area contributed by atoms with Gasteiger partial charge in [0.15, 0.2) is 11.5 Å². The lowest BCUT2D eigenvalue weighted by Gasteiger charge is -2.09. The summed E-state index contributed by atoms with van der Waals surface area (Å²) in [5.41, 5.74) is 1.11. The molecule has 0 aliphatic rings. The fraction of sp³-hybridized carbons (Fsp3) is 0.286. The number of methoxy groups -OCH3 is 1. The first kappa shape index (κ1) is 12.4. The molecule has 0 bridgehead atoms. The predicted octanol–water partition coefficient (Wildman–Crippen LogP) is 3.68. The summed E-state index contributed by atoms with van der Waals surface area (Å²) < 4.78 is 10.8. The van der Waals surface area contributed by atoms with E-state index in [4.69, 9.17) is 9.47 Å². The zero-order chi connectivity index (χ0) is 11.8. The molecule has 2 heteroatoms. The molecule has 0 fully saturated rings. The minimum absolute atomic E-state index is 0.565. The Kier molecular flexibility index (Phi) is 5.20. The third-order valence-corrected chi connectivity index (χ3v) is 2.12. The normalized spacial score (nSPS) is 11.2. The van der Waals surface area contributed by atoms with Crippen molar-refractivity contribution < 1.29 is 9.47 Å². The minimum atomic E-state index is 0.565. The van der Waals surface area contributed by atoms with Crippen LogP contribution in [0.25, 0.3) is 6.08 Å². The monoisotopic (exact) mass is 218 g/mol. The Morgan fingerprint density at radius 1 is 1.12 bits per heavy atom. The Morgan fingerprint density at radius 3 is 2.56 bits per heavy atom. The van der Waals surface area contributed by atoms with E-state index in [2.05, 4.69) is 0 Å². The van der Waals surface area contributed by atoms with E-state index in [0.29, 0.717) is 6.61 Å². The van der Waals surface area contributed by atoms with Crippen LogP contribution in [0.4, 0.5) is 0 Å². The van der Waals surface area contributed by atoms with Gasteiger partial charge in [0.05, 0.1) is 7.11 Å². The number of hydrogen-bond donors (Lipinski definition) is 0. The number of benzene rings is 1. The van der Waals surface area contributed by atoms with Gasteiger partial charge in [0.1, 0.15) is 6.61 Å². The third kappa shape index (κ3) is 3.46. The van der Waals surface area contributed by atoms with Crippen molar-refractivity contribution in [3.05, 3.63) is 42.0 Å². The number of hydrogen-bond acceptors (Lipinski definition) is 2. The van der Waals surface area contributed by atoms with E-state index in [1.807, 2.05) is 56.4 Å². The Balaban J connectivity index is 2.84. The number of allylic oxidation sites excluding steroid dienone is 2. The molecule has 0 saturated heterocycles. The molecule has 0 radical (unpaired) electrons. The summed E-state index contributed by atoms with van der Waals surface area (Å²) in [5.74, 6) is 1.54. The summed E-state index contributed by atoms with van der Waals surface area (Å²) in [6.45, 7) is 4.52. The summed E-state index contributed by atoms with van der Waals surface area (Å²) in [6.07, 6.45) is 7.94. The van der Waals surface area contributed by atoms with Crippen LogP contribution in [-0.4, -0.2) is 13.7 Å². The molecule has 86 valence electrons. The largest absolute Gasteiger partial charge is 0.493 e. The zero-order valence-electron chi connectivity index (χ0n) is 10.1. The number of ether oxygens (including phenoxy) is 2. The van der Waals surface area contributed by atoms with E-state index in [-0.39, 0.29) is 0 Å². The molecule has 0 N–H and O–H groups in total. The molecule has 0 aliphatic heterocycles. The predicted molar refractivity (Wildman–Crippen MR) is 68.0 cm³/mol. The van der Waals surface area contributed by atoms with Crippen molar-refractivity contribution in [3.8, 4) is 11.5 Å². The van der Waals surface area contributed by atoms with Crippen LogP contribution in [-0.2, 0) is 0 Å². The summed E-state index contributed by atoms with van der Waals surface area (Å²) in [4.78, 5) is 0. The van der Waals surface area contributed by atoms with Gasteiger partial charge in [0, 0.05) is 0 Å². The lowest BCUT2D eigenvalue weighted by molar-refractivity contribution is 0.326. The van der Waals surface area contributed by atoms with Crippen LogP contribution in [0.15, 0.2) is 36.4 Å². The second-order valence-electron chi connectivity index (χ2n) is 3.29. The summed E-state index contributed by atoms with van der Waals surface area (Å²) in [7, 11) is 1.65. The van der Waals surface area contributed by atoms with Crippen molar-refractivity contribution >= 4 is 6.08 Å². The van der Waals surface area contributed by atoms with Crippen molar-refractivity contribution in [2.75, 3.05) is 13.7 Å². The second kappa shape index (κ2) is 6.72. The maximum Gasteiger partial charge on any atom is 0.161 e. The van der Waals surface area contributed by atoms with Gasteiger partial charge < -0.3 is 9.47 Å². The molecule has 16 heavy (non-hydrogen) atoms. The van der Waals surface area contributed by atoms with E-state index in [1.165, 1.54) is 0 Å². The first-order valence-electron chi connectivity index (χ1n) is 5.36. The lowest BCUT2D eigenvalue weighted by Crippen LogP contribution is -1.96. The van der Waals surface area contributed by atoms with Gasteiger partial charge in [-0.15, -0.1) is 0 Å². The van der Waals surface area contributed by atoms with E-state index >= 15 is 0 Å². The molecule has 2 nitrogen and oxygen atoms in total. The molecule has 1 aromatic carbocycles. The SMILES string of the molecule is C/C=C/COc1ccc(/C=C/C)cc1OC. The van der Waals surface area contributed by atoms with Crippen LogP contribution in [0, 0.1) is 0 Å². The van der Waals surface area contributed by atoms with Crippen molar-refractivity contribution in [1.29, 1.82) is 0 Å². The van der Waals surface area contributed by atoms with Crippen LogP contribution in [0.1, 0.15) is 19.4 Å². The van der Waals surface area contributed by atoms with Crippen molar-refractivity contribution in [3.63, 3.8) is 0 Å². The molecule has 0 aromatic heterocycles. The van der Waals surface area contributed by atoms with Crippen molar-refractivity contribution in [1.82, 2.24) is 0 Å². The van der Waals surface area contributed by atoms with Gasteiger partial charge in [-0.25, -0.2) is 0 Å². The van der Waals surface area contributed by atoms with E-state index in [0.717, 1.165) is 17.1 Å². The van der Waals surface area contributed by atoms with Crippen LogP contribution < -0.4 is 9.47 Å². The summed E-state index contributed by atoms with van der Waals surface area (Å²) in [6, 6.07) is 5.90. The molecule has 0 heterocycles. The summed E-state index contributed by atoms with van der Waals surface area (Å²) in [5, 5.41) is 0. The maximum atomic E-state index is 5.57. The first-order chi connectivity index (χ1) is 7.81. The highest BCUT2D eigenvalue weighted by Gasteiger charge is 2.03. The molecule has 0 unspecified atom stereocenters. The van der Waals surface area contributed by atoms with E-state index < -0.39 is 0 Å². The maximum absolute atomic E-state index is 5.57. The van der Waals surface area contributed by atoms with Crippen molar-refractivity contribution in [2.24, 2.45) is 0 Å². The smallest absolute Gasteiger partial charge is 0.161 e. The fourth-order valence-electron chi connectivity index (χ4n) is 1.33. The van der Waals surface area contributed by atoms with Crippen molar-refractivity contribution in [2.45, 2.75) is 13.8 Å². The highest BCUT2D eigenvalue weighted by molar-refractivity contribution is 5.55. The van der Waals surface area contributed by atoms with Gasteiger partial charge in [-0.3, -0.25) is 0 Å². The van der Waals surface area contributed by atoms with Gasteiger partial charge in [-0.05, 0) is 31.5 Å². The number of rotatable bonds is 5. The Hall–Kier alpha value is -1.70. The van der Waals surface area contributed by atoms with E-state index in [1.54, 1.807) is 7.11 Å². The topological polar surface area (TPSA) is 18.5 Å². The molecule has 0 spiro atoms. The van der Waals surface area contributed by atoms with Crippen LogP contribution in [0.3, 0.4) is 0 Å². The molecular formula is C14H18O2. The average molecular weight is 218 g/mol. The molecule has 1 rings (SSSR count). The molecule has 0 aliphatic carbocycles. The lowest BCUT2D eigenvalue weighted by atomic mass is 10.2. The molecule has 0 atom stereocenters. The van der Waals surface area contributed by atoms with Crippen LogP contribution >= 0.6 is 0 Å². The quantitative estimate of drug-likeness (QED) is 0.702. The highest BCUT2D eigenvalue weighted by atomic mass is 16.5. The molecular weight excluding hydrogens is 200 g/mol. The zero-order valence-corrected chi connectivity index (χ0v) is 10.1. The first-order valence-corrected chi connectivity index (χ1v) is 5.36. The molecule has 0 amide bonds. The fourth-order valence-corrected chi connectivity index (χ4v) is 1.33. The van der Waals surface area contributed by atoms with Crippen LogP contribution in [0.2, 0.25) is 0 Å². The standard InChI is InChI=1S/C14H18O2/c1-4-6-10-16-13-9-8-12(7-5-2)11-14(13)15-3/h4-9,11H,10H2,1-3H3/b6-4+,7-5+. The van der Waals surface area contributed by atoms with E-state index in [9.17, 15) is 0 Å². The Labute approximate surface area is 97.2 Å². The Morgan fingerprint density at radius 2 is 1.94 bits per heavy atom. The van der Waals surface area contributed by atoms with Crippen LogP contribution in [0.5, 0.6) is 11.5 Å². The third-order valence-electron chi connectivity index (χ3n) is 2.12. The van der Waals surface area contributed by atoms with Gasteiger partial charge in [0.2, 0.25) is 0 Å². The van der Waals surface area contributed by atoms with Gasteiger partial charge in [0.25, 0.3) is 0 Å². The Bertz CT molecular complexity index is 378. The van der Waals surface area contributed by atoms with Gasteiger partial charge >= 0.3 is 0 Å². The molecule has 0 saturated carbocycles. The second-order valence-corrected chi connectivity index (χ2v) is 3.29. The van der Waals surface area contributed by atoms with Gasteiger partial charge in [-0.1, -0.05) is 30.4 Å². The summed E-state index contributed by atoms with van der Waals surface area (Å²) >= 11 is 0.